The van der Waals surface area contributed by atoms with Crippen LogP contribution in [0.4, 0.5) is 0 Å². The molecule has 1 aliphatic carbocycles. The molecule has 0 spiro atoms. The number of carbonyl (C=O) groups excluding carboxylic acids is 1. The Bertz CT molecular complexity index is 641. The van der Waals surface area contributed by atoms with Crippen molar-refractivity contribution in [1.82, 2.24) is 29.6 Å². The topological polar surface area (TPSA) is 77.6 Å². The second kappa shape index (κ2) is 5.55. The molecule has 0 aliphatic heterocycles. The van der Waals surface area contributed by atoms with Gasteiger partial charge in [0.25, 0.3) is 0 Å². The lowest BCUT2D eigenvalue weighted by Crippen LogP contribution is -2.37. The van der Waals surface area contributed by atoms with Crippen molar-refractivity contribution in [2.24, 2.45) is 5.41 Å². The fraction of sp³-hybridized carbons (Fsp3) is 0.600. The van der Waals surface area contributed by atoms with Crippen molar-refractivity contribution in [2.75, 3.05) is 0 Å². The molecule has 0 aromatic carbocycles. The van der Waals surface area contributed by atoms with Gasteiger partial charge in [0.05, 0.1) is 17.8 Å². The van der Waals surface area contributed by atoms with Crippen molar-refractivity contribution in [1.29, 1.82) is 0 Å². The summed E-state index contributed by atoms with van der Waals surface area (Å²) in [7, 11) is 0. The molecule has 2 aromatic rings. The Morgan fingerprint density at radius 3 is 2.73 bits per heavy atom. The highest BCUT2D eigenvalue weighted by atomic mass is 16.2. The minimum Gasteiger partial charge on any atom is -0.346 e. The van der Waals surface area contributed by atoms with Crippen molar-refractivity contribution in [3.63, 3.8) is 0 Å². The number of imidazole rings is 1. The van der Waals surface area contributed by atoms with E-state index in [4.69, 9.17) is 0 Å². The van der Waals surface area contributed by atoms with E-state index in [0.717, 1.165) is 18.7 Å². The van der Waals surface area contributed by atoms with Gasteiger partial charge in [0.1, 0.15) is 6.33 Å². The molecular weight excluding hydrogens is 280 g/mol. The minimum absolute atomic E-state index is 0.0898. The van der Waals surface area contributed by atoms with Gasteiger partial charge >= 0.3 is 0 Å². The zero-order valence-electron chi connectivity index (χ0n) is 13.2. The van der Waals surface area contributed by atoms with Gasteiger partial charge in [-0.15, -0.1) is 10.2 Å². The van der Waals surface area contributed by atoms with E-state index in [1.165, 1.54) is 0 Å². The Morgan fingerprint density at radius 1 is 1.36 bits per heavy atom. The number of aromatic nitrogens is 5. The summed E-state index contributed by atoms with van der Waals surface area (Å²) in [6.45, 7) is 6.78. The van der Waals surface area contributed by atoms with Gasteiger partial charge in [-0.1, -0.05) is 0 Å². The maximum atomic E-state index is 12.6. The van der Waals surface area contributed by atoms with Crippen molar-refractivity contribution >= 4 is 5.91 Å². The van der Waals surface area contributed by atoms with Crippen LogP contribution in [0.25, 0.3) is 0 Å². The SMILES string of the molecule is CC(C)n1cnnc1[C@@H](C)NC(=O)C1(Cn2ccnc2)CC1. The first kappa shape index (κ1) is 14.7. The number of nitrogens with zero attached hydrogens (tertiary/aromatic N) is 5. The quantitative estimate of drug-likeness (QED) is 0.881. The van der Waals surface area contributed by atoms with Gasteiger partial charge in [-0.3, -0.25) is 4.79 Å². The van der Waals surface area contributed by atoms with E-state index in [-0.39, 0.29) is 23.4 Å². The summed E-state index contributed by atoms with van der Waals surface area (Å²) in [5.41, 5.74) is -0.294. The molecular formula is C15H22N6O. The van der Waals surface area contributed by atoms with Crippen LogP contribution in [0.1, 0.15) is 51.5 Å². The number of nitrogens with one attached hydrogen (secondary N) is 1. The normalized spacial score (nSPS) is 17.5. The zero-order chi connectivity index (χ0) is 15.7. The Kier molecular flexibility index (Phi) is 3.72. The fourth-order valence-electron chi connectivity index (χ4n) is 2.71. The van der Waals surface area contributed by atoms with Crippen LogP contribution < -0.4 is 5.32 Å². The summed E-state index contributed by atoms with van der Waals surface area (Å²) >= 11 is 0. The third-order valence-electron chi connectivity index (χ3n) is 4.27. The molecule has 0 bridgehead atoms. The molecule has 3 rings (SSSR count). The van der Waals surface area contributed by atoms with Crippen LogP contribution in [0.15, 0.2) is 25.0 Å². The van der Waals surface area contributed by atoms with Gasteiger partial charge < -0.3 is 14.5 Å². The van der Waals surface area contributed by atoms with Crippen LogP contribution in [-0.4, -0.2) is 30.2 Å². The summed E-state index contributed by atoms with van der Waals surface area (Å²) in [4.78, 5) is 16.7. The monoisotopic (exact) mass is 302 g/mol. The Morgan fingerprint density at radius 2 is 2.14 bits per heavy atom. The first-order valence-corrected chi connectivity index (χ1v) is 7.68. The molecule has 2 aromatic heterocycles. The third-order valence-corrected chi connectivity index (χ3v) is 4.27. The molecule has 0 unspecified atom stereocenters. The van der Waals surface area contributed by atoms with Crippen LogP contribution in [-0.2, 0) is 11.3 Å². The van der Waals surface area contributed by atoms with Gasteiger partial charge in [0.15, 0.2) is 5.82 Å². The molecule has 1 aliphatic rings. The van der Waals surface area contributed by atoms with Crippen molar-refractivity contribution in [3.05, 3.63) is 30.9 Å². The summed E-state index contributed by atoms with van der Waals surface area (Å²) in [5, 5.41) is 11.2. The average Bonchev–Trinajstić information content (AvgIpc) is 2.92. The lowest BCUT2D eigenvalue weighted by atomic mass is 10.1. The molecule has 7 heteroatoms. The Labute approximate surface area is 129 Å². The van der Waals surface area contributed by atoms with E-state index >= 15 is 0 Å². The average molecular weight is 302 g/mol. The molecule has 22 heavy (non-hydrogen) atoms. The fourth-order valence-corrected chi connectivity index (χ4v) is 2.71. The maximum absolute atomic E-state index is 12.6. The molecule has 1 N–H and O–H groups in total. The highest BCUT2D eigenvalue weighted by molar-refractivity contribution is 5.85. The van der Waals surface area contributed by atoms with Gasteiger partial charge in [0.2, 0.25) is 5.91 Å². The van der Waals surface area contributed by atoms with E-state index in [2.05, 4.69) is 34.3 Å². The zero-order valence-corrected chi connectivity index (χ0v) is 13.2. The van der Waals surface area contributed by atoms with E-state index in [9.17, 15) is 4.79 Å². The summed E-state index contributed by atoms with van der Waals surface area (Å²) in [6.07, 6.45) is 8.93. The number of rotatable bonds is 6. The van der Waals surface area contributed by atoms with Crippen LogP contribution in [0.2, 0.25) is 0 Å². The molecule has 1 atom stereocenters. The number of carbonyl (C=O) groups is 1. The van der Waals surface area contributed by atoms with Crippen molar-refractivity contribution in [3.8, 4) is 0 Å². The first-order valence-electron chi connectivity index (χ1n) is 7.68. The molecule has 7 nitrogen and oxygen atoms in total. The summed E-state index contributed by atoms with van der Waals surface area (Å²) in [6, 6.07) is 0.114. The Hall–Kier alpha value is -2.18. The van der Waals surface area contributed by atoms with Gasteiger partial charge in [0, 0.05) is 25.0 Å². The van der Waals surface area contributed by atoms with Crippen LogP contribution >= 0.6 is 0 Å². The predicted molar refractivity (Wildman–Crippen MR) is 80.9 cm³/mol. The third kappa shape index (κ3) is 2.75. The van der Waals surface area contributed by atoms with Crippen LogP contribution in [0.5, 0.6) is 0 Å². The molecule has 1 fully saturated rings. The molecule has 0 saturated heterocycles. The number of hydrogen-bond acceptors (Lipinski definition) is 4. The first-order chi connectivity index (χ1) is 10.5. The number of hydrogen-bond donors (Lipinski definition) is 1. The van der Waals surface area contributed by atoms with E-state index < -0.39 is 0 Å². The van der Waals surface area contributed by atoms with Crippen LogP contribution in [0, 0.1) is 5.41 Å². The Balaban J connectivity index is 1.67. The number of amides is 1. The van der Waals surface area contributed by atoms with Gasteiger partial charge in [-0.05, 0) is 33.6 Å². The molecule has 1 saturated carbocycles. The van der Waals surface area contributed by atoms with Crippen molar-refractivity contribution in [2.45, 2.75) is 52.2 Å². The van der Waals surface area contributed by atoms with Crippen molar-refractivity contribution < 1.29 is 4.79 Å². The molecule has 0 radical (unpaired) electrons. The molecule has 2 heterocycles. The largest absolute Gasteiger partial charge is 0.346 e. The van der Waals surface area contributed by atoms with Crippen LogP contribution in [0.3, 0.4) is 0 Å². The molecule has 118 valence electrons. The maximum Gasteiger partial charge on any atom is 0.228 e. The lowest BCUT2D eigenvalue weighted by molar-refractivity contribution is -0.127. The molecule has 1 amide bonds. The summed E-state index contributed by atoms with van der Waals surface area (Å²) < 4.78 is 3.95. The minimum atomic E-state index is -0.294. The lowest BCUT2D eigenvalue weighted by Gasteiger charge is -2.21. The second-order valence-corrected chi connectivity index (χ2v) is 6.40. The second-order valence-electron chi connectivity index (χ2n) is 6.40. The summed E-state index contributed by atoms with van der Waals surface area (Å²) in [5.74, 6) is 0.883. The highest BCUT2D eigenvalue weighted by Crippen LogP contribution is 2.47. The van der Waals surface area contributed by atoms with E-state index in [1.54, 1.807) is 18.9 Å². The smallest absolute Gasteiger partial charge is 0.228 e. The van der Waals surface area contributed by atoms with E-state index in [0.29, 0.717) is 6.54 Å². The standard InChI is InChI=1S/C15H22N6O/c1-11(2)21-10-17-19-13(21)12(3)18-14(22)15(4-5-15)8-20-7-6-16-9-20/h6-7,9-12H,4-5,8H2,1-3H3,(H,18,22)/t12-/m1/s1. The highest BCUT2D eigenvalue weighted by Gasteiger charge is 2.50. The predicted octanol–water partition coefficient (Wildman–Crippen LogP) is 1.71. The van der Waals surface area contributed by atoms with Gasteiger partial charge in [-0.25, -0.2) is 4.98 Å². The van der Waals surface area contributed by atoms with E-state index in [1.807, 2.05) is 22.3 Å². The van der Waals surface area contributed by atoms with Gasteiger partial charge in [-0.2, -0.15) is 0 Å².